The van der Waals surface area contributed by atoms with Gasteiger partial charge in [-0.15, -0.1) is 11.3 Å². The Morgan fingerprint density at radius 2 is 1.71 bits per heavy atom. The summed E-state index contributed by atoms with van der Waals surface area (Å²) in [4.78, 5) is 24.8. The highest BCUT2D eigenvalue weighted by Gasteiger charge is 2.19. The van der Waals surface area contributed by atoms with Gasteiger partial charge in [0.2, 0.25) is 0 Å². The zero-order valence-electron chi connectivity index (χ0n) is 18.3. The standard InChI is InChI=1S/C25H18BrClN2O5S/c1-32-19-10-11-20-21(12-19)35-24(23(20)27)25(31)34-18-6-2-15(3-7-18)13-28-29-22(30)14-33-17-8-4-16(26)5-9-17/h2-13H,14H2,1H3,(H,29,30)/b28-13-. The quantitative estimate of drug-likeness (QED) is 0.120. The topological polar surface area (TPSA) is 86.2 Å². The number of carbonyl (C=O) groups is 2. The van der Waals surface area contributed by atoms with Crippen molar-refractivity contribution in [3.8, 4) is 17.2 Å². The zero-order valence-corrected chi connectivity index (χ0v) is 21.4. The van der Waals surface area contributed by atoms with Crippen LogP contribution in [-0.4, -0.2) is 31.8 Å². The molecule has 0 saturated heterocycles. The summed E-state index contributed by atoms with van der Waals surface area (Å²) in [6.45, 7) is -0.166. The van der Waals surface area contributed by atoms with Gasteiger partial charge in [-0.2, -0.15) is 5.10 Å². The van der Waals surface area contributed by atoms with Gasteiger partial charge >= 0.3 is 5.97 Å². The molecule has 0 spiro atoms. The predicted octanol–water partition coefficient (Wildman–Crippen LogP) is 6.07. The highest BCUT2D eigenvalue weighted by atomic mass is 79.9. The monoisotopic (exact) mass is 572 g/mol. The van der Waals surface area contributed by atoms with Crippen molar-refractivity contribution in [3.63, 3.8) is 0 Å². The number of hydrogen-bond donors (Lipinski definition) is 1. The maximum absolute atomic E-state index is 12.7. The number of fused-ring (bicyclic) bond motifs is 1. The molecular formula is C25H18BrClN2O5S. The van der Waals surface area contributed by atoms with Crippen LogP contribution < -0.4 is 19.6 Å². The first-order chi connectivity index (χ1) is 16.9. The van der Waals surface area contributed by atoms with E-state index in [4.69, 9.17) is 25.8 Å². The third kappa shape index (κ3) is 6.39. The average molecular weight is 574 g/mol. The second kappa shape index (κ2) is 11.4. The van der Waals surface area contributed by atoms with Gasteiger partial charge in [0, 0.05) is 14.6 Å². The van der Waals surface area contributed by atoms with Crippen molar-refractivity contribution in [1.29, 1.82) is 0 Å². The van der Waals surface area contributed by atoms with Crippen LogP contribution in [-0.2, 0) is 4.79 Å². The molecule has 3 aromatic carbocycles. The van der Waals surface area contributed by atoms with Gasteiger partial charge in [0.15, 0.2) is 6.61 Å². The van der Waals surface area contributed by atoms with Gasteiger partial charge in [-0.1, -0.05) is 27.5 Å². The van der Waals surface area contributed by atoms with Crippen molar-refractivity contribution in [1.82, 2.24) is 5.43 Å². The van der Waals surface area contributed by atoms with Crippen molar-refractivity contribution >= 4 is 67.0 Å². The second-order valence-electron chi connectivity index (χ2n) is 7.10. The Bertz CT molecular complexity index is 1390. The minimum Gasteiger partial charge on any atom is -0.497 e. The molecule has 10 heteroatoms. The fourth-order valence-corrected chi connectivity index (χ4v) is 4.65. The fraction of sp³-hybridized carbons (Fsp3) is 0.0800. The van der Waals surface area contributed by atoms with Crippen LogP contribution >= 0.6 is 38.9 Å². The molecule has 0 unspecified atom stereocenters. The maximum Gasteiger partial charge on any atom is 0.355 e. The smallest absolute Gasteiger partial charge is 0.355 e. The van der Waals surface area contributed by atoms with E-state index in [1.54, 1.807) is 49.6 Å². The van der Waals surface area contributed by atoms with Gasteiger partial charge in [-0.25, -0.2) is 10.2 Å². The van der Waals surface area contributed by atoms with Gasteiger partial charge in [0.05, 0.1) is 18.3 Å². The van der Waals surface area contributed by atoms with Crippen LogP contribution in [0.1, 0.15) is 15.2 Å². The molecule has 4 aromatic rings. The summed E-state index contributed by atoms with van der Waals surface area (Å²) in [5, 5.41) is 5.02. The molecule has 0 radical (unpaired) electrons. The number of hydrazone groups is 1. The summed E-state index contributed by atoms with van der Waals surface area (Å²) in [5.41, 5.74) is 3.10. The summed E-state index contributed by atoms with van der Waals surface area (Å²) in [6, 6.07) is 19.2. The lowest BCUT2D eigenvalue weighted by Gasteiger charge is -2.05. The van der Waals surface area contributed by atoms with E-state index in [0.717, 1.165) is 14.6 Å². The molecule has 0 aliphatic carbocycles. The number of benzene rings is 3. The van der Waals surface area contributed by atoms with Gasteiger partial charge in [0.25, 0.3) is 5.91 Å². The molecule has 0 aliphatic heterocycles. The lowest BCUT2D eigenvalue weighted by Crippen LogP contribution is -2.24. The SMILES string of the molecule is COc1ccc2c(Cl)c(C(=O)Oc3ccc(/C=N\NC(=O)COc4ccc(Br)cc4)cc3)sc2c1. The molecule has 1 N–H and O–H groups in total. The molecule has 0 atom stereocenters. The van der Waals surface area contributed by atoms with E-state index in [9.17, 15) is 9.59 Å². The highest BCUT2D eigenvalue weighted by Crippen LogP contribution is 2.37. The molecule has 7 nitrogen and oxygen atoms in total. The molecular weight excluding hydrogens is 556 g/mol. The number of hydrogen-bond acceptors (Lipinski definition) is 7. The van der Waals surface area contributed by atoms with Crippen LogP contribution in [0.15, 0.2) is 76.3 Å². The van der Waals surface area contributed by atoms with E-state index in [0.29, 0.717) is 32.7 Å². The van der Waals surface area contributed by atoms with Gasteiger partial charge in [0.1, 0.15) is 22.1 Å². The largest absolute Gasteiger partial charge is 0.497 e. The van der Waals surface area contributed by atoms with Crippen molar-refractivity contribution in [2.45, 2.75) is 0 Å². The highest BCUT2D eigenvalue weighted by molar-refractivity contribution is 9.10. The number of halogens is 2. The number of amides is 1. The third-order valence-corrected chi connectivity index (χ3v) is 6.86. The first kappa shape index (κ1) is 24.7. The van der Waals surface area contributed by atoms with Crippen molar-refractivity contribution in [2.24, 2.45) is 5.10 Å². The molecule has 35 heavy (non-hydrogen) atoms. The van der Waals surface area contributed by atoms with E-state index in [1.165, 1.54) is 17.6 Å². The Kier molecular flexibility index (Phi) is 8.02. The van der Waals surface area contributed by atoms with Crippen LogP contribution in [0.5, 0.6) is 17.2 Å². The first-order valence-electron chi connectivity index (χ1n) is 10.2. The predicted molar refractivity (Wildman–Crippen MR) is 140 cm³/mol. The Labute approximate surface area is 218 Å². The van der Waals surface area contributed by atoms with Crippen LogP contribution in [0.3, 0.4) is 0 Å². The molecule has 0 aliphatic rings. The van der Waals surface area contributed by atoms with E-state index in [1.807, 2.05) is 24.3 Å². The Hall–Kier alpha value is -3.40. The number of carbonyl (C=O) groups excluding carboxylic acids is 2. The first-order valence-corrected chi connectivity index (χ1v) is 12.2. The summed E-state index contributed by atoms with van der Waals surface area (Å²) in [7, 11) is 1.58. The van der Waals surface area contributed by atoms with Crippen LogP contribution in [0.4, 0.5) is 0 Å². The van der Waals surface area contributed by atoms with Gasteiger partial charge in [-0.05, 0) is 72.3 Å². The van der Waals surface area contributed by atoms with E-state index in [2.05, 4.69) is 26.5 Å². The molecule has 0 fully saturated rings. The Morgan fingerprint density at radius 3 is 2.43 bits per heavy atom. The van der Waals surface area contributed by atoms with Crippen LogP contribution in [0, 0.1) is 0 Å². The van der Waals surface area contributed by atoms with E-state index in [-0.39, 0.29) is 6.61 Å². The second-order valence-corrected chi connectivity index (χ2v) is 9.45. The van der Waals surface area contributed by atoms with Crippen LogP contribution in [0.2, 0.25) is 5.02 Å². The van der Waals surface area contributed by atoms with Crippen molar-refractivity contribution < 1.29 is 23.8 Å². The summed E-state index contributed by atoms with van der Waals surface area (Å²) in [6.07, 6.45) is 1.47. The summed E-state index contributed by atoms with van der Waals surface area (Å²) < 4.78 is 17.8. The number of nitrogens with one attached hydrogen (secondary N) is 1. The molecule has 1 amide bonds. The van der Waals surface area contributed by atoms with E-state index < -0.39 is 11.9 Å². The number of nitrogens with zero attached hydrogens (tertiary/aromatic N) is 1. The fourth-order valence-electron chi connectivity index (χ4n) is 2.97. The Balaban J connectivity index is 1.30. The van der Waals surface area contributed by atoms with Gasteiger partial charge < -0.3 is 14.2 Å². The number of methoxy groups -OCH3 is 1. The molecule has 4 rings (SSSR count). The molecule has 178 valence electrons. The van der Waals surface area contributed by atoms with Crippen molar-refractivity contribution in [3.05, 3.63) is 86.7 Å². The lowest BCUT2D eigenvalue weighted by molar-refractivity contribution is -0.123. The third-order valence-electron chi connectivity index (χ3n) is 4.70. The summed E-state index contributed by atoms with van der Waals surface area (Å²) in [5.74, 6) is 0.669. The normalized spacial score (nSPS) is 10.9. The van der Waals surface area contributed by atoms with Crippen molar-refractivity contribution in [2.75, 3.05) is 13.7 Å². The minimum absolute atomic E-state index is 0.166. The molecule has 0 bridgehead atoms. The molecule has 1 aromatic heterocycles. The number of thiophene rings is 1. The average Bonchev–Trinajstić information content (AvgIpc) is 3.20. The number of esters is 1. The molecule has 0 saturated carbocycles. The van der Waals surface area contributed by atoms with Gasteiger partial charge in [-0.3, -0.25) is 4.79 Å². The maximum atomic E-state index is 12.7. The Morgan fingerprint density at radius 1 is 1.03 bits per heavy atom. The lowest BCUT2D eigenvalue weighted by atomic mass is 10.2. The number of ether oxygens (including phenoxy) is 3. The van der Waals surface area contributed by atoms with Crippen LogP contribution in [0.25, 0.3) is 10.1 Å². The van der Waals surface area contributed by atoms with E-state index >= 15 is 0 Å². The zero-order chi connectivity index (χ0) is 24.8. The molecule has 1 heterocycles. The minimum atomic E-state index is -0.547. The summed E-state index contributed by atoms with van der Waals surface area (Å²) >= 11 is 11.0. The number of rotatable bonds is 8.